The van der Waals surface area contributed by atoms with Crippen LogP contribution in [0.2, 0.25) is 0 Å². The molecule has 3 unspecified atom stereocenters. The summed E-state index contributed by atoms with van der Waals surface area (Å²) in [5.41, 5.74) is 18.5. The summed E-state index contributed by atoms with van der Waals surface area (Å²) < 4.78 is 2.45. The molecule has 1 heterocycles. The van der Waals surface area contributed by atoms with Crippen molar-refractivity contribution >= 4 is 22.7 Å². The largest absolute Gasteiger partial charge is 0.362 e. The molecule has 4 aromatic carbocycles. The molecule has 4 heteroatoms. The van der Waals surface area contributed by atoms with Gasteiger partial charge in [0.1, 0.15) is 0 Å². The Labute approximate surface area is 284 Å². The lowest BCUT2D eigenvalue weighted by Gasteiger charge is -2.21. The van der Waals surface area contributed by atoms with E-state index in [1.54, 1.807) is 0 Å². The topological polar surface area (TPSA) is 55.0 Å². The molecule has 0 spiro atoms. The van der Waals surface area contributed by atoms with Gasteiger partial charge in [-0.1, -0.05) is 121 Å². The SMILES string of the molecule is C=C(CC(/C=C\Nc1cccc(-c2cccc3c2c2c(n3-c3ccccc3)CCC=C2)c1)c1ccc(C(N)NC)cc1)C1C=CC=CC1. The molecule has 2 aliphatic rings. The van der Waals surface area contributed by atoms with Gasteiger partial charge >= 0.3 is 0 Å². The van der Waals surface area contributed by atoms with E-state index in [9.17, 15) is 0 Å². The van der Waals surface area contributed by atoms with Crippen molar-refractivity contribution in [2.75, 3.05) is 12.4 Å². The first-order chi connectivity index (χ1) is 23.6. The number of rotatable bonds is 11. The first-order valence-electron chi connectivity index (χ1n) is 17.1. The molecule has 5 aromatic rings. The molecule has 2 aliphatic carbocycles. The summed E-state index contributed by atoms with van der Waals surface area (Å²) in [6.45, 7) is 4.51. The summed E-state index contributed by atoms with van der Waals surface area (Å²) in [6, 6.07) is 34.9. The van der Waals surface area contributed by atoms with Crippen LogP contribution in [-0.2, 0) is 6.42 Å². The van der Waals surface area contributed by atoms with Crippen LogP contribution in [0.4, 0.5) is 5.69 Å². The van der Waals surface area contributed by atoms with Gasteiger partial charge in [0.05, 0.1) is 11.7 Å². The molecule has 48 heavy (non-hydrogen) atoms. The lowest BCUT2D eigenvalue weighted by atomic mass is 9.84. The molecule has 1 aromatic heterocycles. The fraction of sp³-hybridized carbons (Fsp3) is 0.182. The smallest absolute Gasteiger partial charge is 0.0807 e. The Morgan fingerprint density at radius 2 is 1.75 bits per heavy atom. The van der Waals surface area contributed by atoms with Crippen molar-refractivity contribution in [2.45, 2.75) is 37.8 Å². The van der Waals surface area contributed by atoms with E-state index in [1.807, 2.05) is 7.05 Å². The van der Waals surface area contributed by atoms with Gasteiger partial charge in [-0.3, -0.25) is 0 Å². The predicted octanol–water partition coefficient (Wildman–Crippen LogP) is 10.2. The van der Waals surface area contributed by atoms with Crippen LogP contribution in [-0.4, -0.2) is 11.6 Å². The standard InChI is InChI=1S/C44H44N4/c1-31(32-13-5-3-6-14-32)29-35(33-23-25-34(26-24-33)44(45)46-2)27-28-47-37-16-11-15-36(30-37)39-20-12-22-42-43(39)40-19-9-10-21-41(40)48(42)38-17-7-4-8-18-38/h3-9,11-13,15-20,22-28,30,32,35,44,46-47H,1,10,14,21,29,45H2,2H3/b28-27-. The van der Waals surface area contributed by atoms with E-state index >= 15 is 0 Å². The van der Waals surface area contributed by atoms with Gasteiger partial charge in [-0.05, 0) is 91.5 Å². The van der Waals surface area contributed by atoms with Crippen LogP contribution < -0.4 is 16.4 Å². The molecule has 0 saturated carbocycles. The van der Waals surface area contributed by atoms with Crippen molar-refractivity contribution in [1.29, 1.82) is 0 Å². The molecule has 0 aliphatic heterocycles. The van der Waals surface area contributed by atoms with E-state index in [-0.39, 0.29) is 12.1 Å². The number of nitrogens with one attached hydrogen (secondary N) is 2. The Balaban J connectivity index is 1.18. The van der Waals surface area contributed by atoms with Crippen molar-refractivity contribution < 1.29 is 0 Å². The van der Waals surface area contributed by atoms with Gasteiger partial charge in [0.2, 0.25) is 0 Å². The second kappa shape index (κ2) is 14.3. The third kappa shape index (κ3) is 6.50. The van der Waals surface area contributed by atoms with Crippen molar-refractivity contribution in [3.8, 4) is 16.8 Å². The molecular weight excluding hydrogens is 585 g/mol. The zero-order valence-electron chi connectivity index (χ0n) is 27.6. The van der Waals surface area contributed by atoms with Gasteiger partial charge in [-0.2, -0.15) is 0 Å². The number of anilines is 1. The Hall–Kier alpha value is -5.16. The van der Waals surface area contributed by atoms with Crippen LogP contribution >= 0.6 is 0 Å². The van der Waals surface area contributed by atoms with E-state index < -0.39 is 0 Å². The van der Waals surface area contributed by atoms with E-state index in [1.165, 1.54) is 50.1 Å². The van der Waals surface area contributed by atoms with Crippen molar-refractivity contribution in [3.05, 3.63) is 174 Å². The monoisotopic (exact) mass is 628 g/mol. The quantitative estimate of drug-likeness (QED) is 0.101. The van der Waals surface area contributed by atoms with Crippen LogP contribution in [0.5, 0.6) is 0 Å². The minimum Gasteiger partial charge on any atom is -0.362 e. The number of fused-ring (bicyclic) bond motifs is 3. The second-order valence-electron chi connectivity index (χ2n) is 12.8. The number of para-hydroxylation sites is 1. The lowest BCUT2D eigenvalue weighted by Crippen LogP contribution is -2.24. The summed E-state index contributed by atoms with van der Waals surface area (Å²) in [5, 5.41) is 8.04. The Kier molecular flexibility index (Phi) is 9.37. The highest BCUT2D eigenvalue weighted by Crippen LogP contribution is 2.40. The highest BCUT2D eigenvalue weighted by atomic mass is 15.0. The Morgan fingerprint density at radius 3 is 2.54 bits per heavy atom. The third-order valence-electron chi connectivity index (χ3n) is 9.75. The van der Waals surface area contributed by atoms with Crippen molar-refractivity contribution in [3.63, 3.8) is 0 Å². The number of nitrogens with zero attached hydrogens (tertiary/aromatic N) is 1. The molecular formula is C44H44N4. The zero-order valence-corrected chi connectivity index (χ0v) is 27.6. The first kappa shape index (κ1) is 31.4. The number of nitrogens with two attached hydrogens (primary N) is 1. The van der Waals surface area contributed by atoms with E-state index in [2.05, 4.69) is 168 Å². The summed E-state index contributed by atoms with van der Waals surface area (Å²) in [6.07, 6.45) is 21.5. The fourth-order valence-electron chi connectivity index (χ4n) is 7.15. The highest BCUT2D eigenvalue weighted by molar-refractivity contribution is 6.04. The number of benzene rings is 4. The van der Waals surface area contributed by atoms with Crippen molar-refractivity contribution in [2.24, 2.45) is 11.7 Å². The minimum absolute atomic E-state index is 0.178. The lowest BCUT2D eigenvalue weighted by molar-refractivity contribution is 0.621. The van der Waals surface area contributed by atoms with Crippen molar-refractivity contribution in [1.82, 2.24) is 9.88 Å². The van der Waals surface area contributed by atoms with E-state index in [4.69, 9.17) is 5.73 Å². The zero-order chi connectivity index (χ0) is 32.9. The maximum absolute atomic E-state index is 6.22. The Morgan fingerprint density at radius 1 is 0.938 bits per heavy atom. The predicted molar refractivity (Wildman–Crippen MR) is 204 cm³/mol. The molecule has 3 atom stereocenters. The molecule has 0 saturated heterocycles. The van der Waals surface area contributed by atoms with Gasteiger partial charge in [0.25, 0.3) is 0 Å². The normalized spacial score (nSPS) is 16.7. The number of aromatic nitrogens is 1. The highest BCUT2D eigenvalue weighted by Gasteiger charge is 2.21. The van der Waals surface area contributed by atoms with E-state index in [0.29, 0.717) is 5.92 Å². The van der Waals surface area contributed by atoms with Gasteiger partial charge in [-0.15, -0.1) is 0 Å². The van der Waals surface area contributed by atoms with Gasteiger partial charge in [0.15, 0.2) is 0 Å². The maximum atomic E-state index is 6.22. The summed E-state index contributed by atoms with van der Waals surface area (Å²) in [4.78, 5) is 0. The molecule has 0 bridgehead atoms. The number of hydrogen-bond acceptors (Lipinski definition) is 3. The number of hydrogen-bond donors (Lipinski definition) is 3. The fourth-order valence-corrected chi connectivity index (χ4v) is 7.15. The molecule has 4 N–H and O–H groups in total. The molecule has 4 nitrogen and oxygen atoms in total. The second-order valence-corrected chi connectivity index (χ2v) is 12.8. The maximum Gasteiger partial charge on any atom is 0.0807 e. The first-order valence-corrected chi connectivity index (χ1v) is 17.1. The van der Waals surface area contributed by atoms with Gasteiger partial charge in [-0.25, -0.2) is 0 Å². The van der Waals surface area contributed by atoms with Crippen LogP contribution in [0.1, 0.15) is 53.7 Å². The van der Waals surface area contributed by atoms with Crippen LogP contribution in [0.25, 0.3) is 33.8 Å². The summed E-state index contributed by atoms with van der Waals surface area (Å²) in [7, 11) is 1.88. The average Bonchev–Trinajstić information content (AvgIpc) is 3.49. The molecule has 240 valence electrons. The average molecular weight is 629 g/mol. The molecule has 0 amide bonds. The number of allylic oxidation sites excluding steroid dienone is 7. The van der Waals surface area contributed by atoms with Crippen LogP contribution in [0, 0.1) is 5.92 Å². The van der Waals surface area contributed by atoms with Gasteiger partial charge in [0, 0.05) is 39.9 Å². The summed E-state index contributed by atoms with van der Waals surface area (Å²) >= 11 is 0. The van der Waals surface area contributed by atoms with Crippen LogP contribution in [0.15, 0.2) is 152 Å². The Bertz CT molecular complexity index is 2020. The third-order valence-corrected chi connectivity index (χ3v) is 9.75. The summed E-state index contributed by atoms with van der Waals surface area (Å²) in [5.74, 6) is 0.546. The molecule has 0 radical (unpaired) electrons. The minimum atomic E-state index is -0.180. The van der Waals surface area contributed by atoms with Gasteiger partial charge < -0.3 is 20.9 Å². The molecule has 7 rings (SSSR count). The molecule has 0 fully saturated rings. The van der Waals surface area contributed by atoms with Crippen LogP contribution in [0.3, 0.4) is 0 Å². The van der Waals surface area contributed by atoms with E-state index in [0.717, 1.165) is 36.9 Å².